The highest BCUT2D eigenvalue weighted by molar-refractivity contribution is 5.85. The predicted molar refractivity (Wildman–Crippen MR) is 106 cm³/mol. The molecule has 25 heavy (non-hydrogen) atoms. The average molecular weight is 353 g/mol. The van der Waals surface area contributed by atoms with Gasteiger partial charge in [-0.1, -0.05) is 58.1 Å². The zero-order chi connectivity index (χ0) is 20.3. The number of nitrogens with one attached hydrogen (secondary N) is 2. The van der Waals surface area contributed by atoms with Gasteiger partial charge < -0.3 is 5.32 Å². The van der Waals surface area contributed by atoms with E-state index >= 15 is 0 Å². The van der Waals surface area contributed by atoms with Gasteiger partial charge in [-0.2, -0.15) is 0 Å². The molecule has 5 nitrogen and oxygen atoms in total. The lowest BCUT2D eigenvalue weighted by Gasteiger charge is -2.13. The number of hydrogen-bond donors (Lipinski definition) is 2. The summed E-state index contributed by atoms with van der Waals surface area (Å²) in [5.41, 5.74) is 1.91. The van der Waals surface area contributed by atoms with Crippen molar-refractivity contribution in [2.45, 2.75) is 73.8 Å². The van der Waals surface area contributed by atoms with E-state index in [1.54, 1.807) is 6.08 Å². The molecule has 0 aromatic carbocycles. The molecule has 0 aliphatic heterocycles. The smallest absolute Gasteiger partial charge is 0.226 e. The number of amides is 3. The van der Waals surface area contributed by atoms with Crippen LogP contribution in [0.5, 0.6) is 0 Å². The van der Waals surface area contributed by atoms with Crippen LogP contribution < -0.4 is 10.6 Å². The summed E-state index contributed by atoms with van der Waals surface area (Å²) in [7, 11) is 0. The first-order chi connectivity index (χ1) is 11.9. The molecule has 0 fully saturated rings. The molecule has 0 rings (SSSR count). The number of carbonyl (C=O) groups is 3. The lowest BCUT2D eigenvalue weighted by Crippen LogP contribution is -2.34. The van der Waals surface area contributed by atoms with E-state index in [4.69, 9.17) is 0 Å². The Labute approximate surface area is 153 Å². The number of carbonyl (C=O) groups excluding carboxylic acids is 3. The Balaban J connectivity index is -0.00000112. The maximum absolute atomic E-state index is 11.9. The molecule has 2 N–H and O–H groups in total. The third-order valence-electron chi connectivity index (χ3n) is 2.90. The van der Waals surface area contributed by atoms with Crippen LogP contribution in [0.1, 0.15) is 67.7 Å². The molecule has 0 aliphatic rings. The second-order valence-electron chi connectivity index (χ2n) is 4.83. The second-order valence-corrected chi connectivity index (χ2v) is 4.83. The molecule has 0 heterocycles. The van der Waals surface area contributed by atoms with Crippen LogP contribution in [0.15, 0.2) is 36.0 Å². The van der Waals surface area contributed by atoms with E-state index in [9.17, 15) is 14.4 Å². The van der Waals surface area contributed by atoms with E-state index in [2.05, 4.69) is 17.2 Å². The first-order valence-electron chi connectivity index (χ1n) is 8.91. The first-order valence-corrected chi connectivity index (χ1v) is 8.91. The molecular weight excluding hydrogens is 316 g/mol. The van der Waals surface area contributed by atoms with Gasteiger partial charge in [0.25, 0.3) is 0 Å². The van der Waals surface area contributed by atoms with Gasteiger partial charge in [0, 0.05) is 12.5 Å². The zero-order valence-electron chi connectivity index (χ0n) is 16.9. The molecule has 0 aliphatic carbocycles. The van der Waals surface area contributed by atoms with Crippen molar-refractivity contribution >= 4 is 18.2 Å². The summed E-state index contributed by atoms with van der Waals surface area (Å²) in [6, 6.07) is -0.127. The first kappa shape index (κ1) is 27.7. The molecule has 0 saturated carbocycles. The Bertz CT molecular complexity index is 452. The number of allylic oxidation sites excluding steroid dienone is 4. The molecule has 0 aromatic heterocycles. The van der Waals surface area contributed by atoms with E-state index in [0.29, 0.717) is 12.8 Å². The Morgan fingerprint density at radius 2 is 1.68 bits per heavy atom. The molecule has 1 atom stereocenters. The Hall–Kier alpha value is -2.17. The lowest BCUT2D eigenvalue weighted by molar-refractivity contribution is -0.126. The van der Waals surface area contributed by atoms with Gasteiger partial charge in [0.05, 0.1) is 6.42 Å². The van der Waals surface area contributed by atoms with Gasteiger partial charge in [-0.3, -0.25) is 19.7 Å². The van der Waals surface area contributed by atoms with Gasteiger partial charge in [-0.25, -0.2) is 0 Å². The summed E-state index contributed by atoms with van der Waals surface area (Å²) in [4.78, 5) is 33.1. The van der Waals surface area contributed by atoms with Gasteiger partial charge in [0.2, 0.25) is 18.2 Å². The van der Waals surface area contributed by atoms with Crippen molar-refractivity contribution < 1.29 is 14.4 Å². The van der Waals surface area contributed by atoms with Crippen LogP contribution in [0.4, 0.5) is 0 Å². The minimum Gasteiger partial charge on any atom is -0.353 e. The molecule has 144 valence electrons. The molecule has 0 saturated heterocycles. The highest BCUT2D eigenvalue weighted by Gasteiger charge is 2.10. The molecule has 0 spiro atoms. The fraction of sp³-hybridized carbons (Fsp3) is 0.550. The van der Waals surface area contributed by atoms with Crippen molar-refractivity contribution in [3.8, 4) is 0 Å². The van der Waals surface area contributed by atoms with Crippen molar-refractivity contribution in [3.05, 3.63) is 36.0 Å². The highest BCUT2D eigenvalue weighted by Crippen LogP contribution is 2.08. The van der Waals surface area contributed by atoms with E-state index in [1.165, 1.54) is 0 Å². The Morgan fingerprint density at radius 1 is 1.12 bits per heavy atom. The van der Waals surface area contributed by atoms with Crippen LogP contribution in [0.3, 0.4) is 0 Å². The van der Waals surface area contributed by atoms with Crippen molar-refractivity contribution in [2.24, 2.45) is 0 Å². The summed E-state index contributed by atoms with van der Waals surface area (Å²) in [6.07, 6.45) is 6.86. The van der Waals surface area contributed by atoms with Crippen LogP contribution in [-0.4, -0.2) is 24.3 Å². The van der Waals surface area contributed by atoms with E-state index in [0.717, 1.165) is 11.1 Å². The van der Waals surface area contributed by atoms with Crippen molar-refractivity contribution in [1.29, 1.82) is 0 Å². The van der Waals surface area contributed by atoms with Gasteiger partial charge in [-0.05, 0) is 32.8 Å². The SMILES string of the molecule is C=C/C(C)=C\C(=C/C)CC(=O)NC(C)CCC(=O)NC=O.CC.CC. The van der Waals surface area contributed by atoms with Gasteiger partial charge in [0.1, 0.15) is 0 Å². The summed E-state index contributed by atoms with van der Waals surface area (Å²) in [6.45, 7) is 17.3. The molecule has 0 aromatic rings. The molecule has 3 amide bonds. The zero-order valence-corrected chi connectivity index (χ0v) is 16.9. The third-order valence-corrected chi connectivity index (χ3v) is 2.90. The normalized spacial score (nSPS) is 11.6. The van der Waals surface area contributed by atoms with Crippen molar-refractivity contribution in [2.75, 3.05) is 0 Å². The molecule has 1 unspecified atom stereocenters. The van der Waals surface area contributed by atoms with Crippen molar-refractivity contribution in [1.82, 2.24) is 10.6 Å². The van der Waals surface area contributed by atoms with Gasteiger partial charge in [-0.15, -0.1) is 0 Å². The Morgan fingerprint density at radius 3 is 2.12 bits per heavy atom. The lowest BCUT2D eigenvalue weighted by atomic mass is 10.1. The van der Waals surface area contributed by atoms with Crippen LogP contribution in [0, 0.1) is 0 Å². The van der Waals surface area contributed by atoms with Crippen LogP contribution in [0.25, 0.3) is 0 Å². The summed E-state index contributed by atoms with van der Waals surface area (Å²) < 4.78 is 0. The fourth-order valence-corrected chi connectivity index (χ4v) is 1.66. The van der Waals surface area contributed by atoms with E-state index < -0.39 is 0 Å². The topological polar surface area (TPSA) is 75.3 Å². The highest BCUT2D eigenvalue weighted by atomic mass is 16.2. The number of rotatable bonds is 9. The van der Waals surface area contributed by atoms with Gasteiger partial charge in [0.15, 0.2) is 0 Å². The summed E-state index contributed by atoms with van der Waals surface area (Å²) >= 11 is 0. The summed E-state index contributed by atoms with van der Waals surface area (Å²) in [5.74, 6) is -0.440. The average Bonchev–Trinajstić information content (AvgIpc) is 2.62. The van der Waals surface area contributed by atoms with E-state index in [1.807, 2.05) is 60.6 Å². The minimum absolute atomic E-state index is 0.0977. The monoisotopic (exact) mass is 352 g/mol. The minimum atomic E-state index is -0.343. The Kier molecular flexibility index (Phi) is 22.0. The quantitative estimate of drug-likeness (QED) is 0.485. The van der Waals surface area contributed by atoms with Crippen molar-refractivity contribution in [3.63, 3.8) is 0 Å². The number of hydrogen-bond acceptors (Lipinski definition) is 3. The van der Waals surface area contributed by atoms with Crippen LogP contribution in [-0.2, 0) is 14.4 Å². The van der Waals surface area contributed by atoms with E-state index in [-0.39, 0.29) is 30.7 Å². The fourth-order valence-electron chi connectivity index (χ4n) is 1.66. The second kappa shape index (κ2) is 19.9. The van der Waals surface area contributed by atoms with Crippen LogP contribution in [0.2, 0.25) is 0 Å². The largest absolute Gasteiger partial charge is 0.353 e. The predicted octanol–water partition coefficient (Wildman–Crippen LogP) is 4.07. The summed E-state index contributed by atoms with van der Waals surface area (Å²) in [5, 5.41) is 4.90. The van der Waals surface area contributed by atoms with Gasteiger partial charge >= 0.3 is 0 Å². The molecule has 0 radical (unpaired) electrons. The molecule has 5 heteroatoms. The molecule has 0 bridgehead atoms. The number of imide groups is 1. The maximum Gasteiger partial charge on any atom is 0.226 e. The molecular formula is C20H36N2O3. The standard InChI is InChI=1S/C16H24N2O3.2C2H6/c1-5-12(3)9-14(6-2)10-16(21)18-13(4)7-8-15(20)17-11-19;2*1-2/h5-6,9,11,13H,1,7-8,10H2,2-4H3,(H,18,21)(H,17,19,20);2*1-2H3/b12-9-,14-6+;;. The third kappa shape index (κ3) is 18.0. The van der Waals surface area contributed by atoms with Crippen LogP contribution >= 0.6 is 0 Å². The maximum atomic E-state index is 11.9.